The molecular weight excluding hydrogens is 230 g/mol. The number of nitrogens with zero attached hydrogens (tertiary/aromatic N) is 1. The minimum absolute atomic E-state index is 0.0678. The molecule has 0 bridgehead atoms. The van der Waals surface area contributed by atoms with Gasteiger partial charge in [0.2, 0.25) is 5.91 Å². The van der Waals surface area contributed by atoms with Gasteiger partial charge in [-0.05, 0) is 12.0 Å². The highest BCUT2D eigenvalue weighted by Gasteiger charge is 2.06. The molecule has 0 aromatic heterocycles. The van der Waals surface area contributed by atoms with Crippen LogP contribution in [0.5, 0.6) is 0 Å². The second-order valence-corrected chi connectivity index (χ2v) is 4.04. The first-order valence-corrected chi connectivity index (χ1v) is 6.03. The molecule has 1 aromatic carbocycles. The number of carbonyl (C=O) groups excluding carboxylic acids is 2. The monoisotopic (exact) mass is 249 g/mol. The normalized spacial score (nSPS) is 10.1. The van der Waals surface area contributed by atoms with E-state index in [0.29, 0.717) is 25.9 Å². The Kier molecular flexibility index (Phi) is 6.72. The quantitative estimate of drug-likeness (QED) is 0.515. The SMILES string of the molecule is CN(CC=O)C(=O)CCOCCc1ccccc1. The molecule has 0 atom stereocenters. The summed E-state index contributed by atoms with van der Waals surface area (Å²) in [4.78, 5) is 23.1. The van der Waals surface area contributed by atoms with Crippen molar-refractivity contribution in [2.24, 2.45) is 0 Å². The molecule has 0 radical (unpaired) electrons. The second-order valence-electron chi connectivity index (χ2n) is 4.04. The minimum Gasteiger partial charge on any atom is -0.381 e. The Morgan fingerprint density at radius 3 is 2.67 bits per heavy atom. The van der Waals surface area contributed by atoms with Gasteiger partial charge < -0.3 is 14.4 Å². The van der Waals surface area contributed by atoms with Gasteiger partial charge in [-0.15, -0.1) is 0 Å². The van der Waals surface area contributed by atoms with E-state index in [1.54, 1.807) is 7.05 Å². The molecule has 1 rings (SSSR count). The van der Waals surface area contributed by atoms with Crippen molar-refractivity contribution in [1.29, 1.82) is 0 Å². The predicted molar refractivity (Wildman–Crippen MR) is 69.3 cm³/mol. The van der Waals surface area contributed by atoms with Crippen LogP contribution in [-0.4, -0.2) is 43.9 Å². The van der Waals surface area contributed by atoms with E-state index in [0.717, 1.165) is 6.42 Å². The summed E-state index contributed by atoms with van der Waals surface area (Å²) in [7, 11) is 1.61. The number of rotatable bonds is 8. The van der Waals surface area contributed by atoms with E-state index < -0.39 is 0 Å². The van der Waals surface area contributed by atoms with Crippen LogP contribution >= 0.6 is 0 Å². The topological polar surface area (TPSA) is 46.6 Å². The van der Waals surface area contributed by atoms with Gasteiger partial charge >= 0.3 is 0 Å². The van der Waals surface area contributed by atoms with Crippen molar-refractivity contribution < 1.29 is 14.3 Å². The summed E-state index contributed by atoms with van der Waals surface area (Å²) in [5, 5.41) is 0. The van der Waals surface area contributed by atoms with Crippen LogP contribution in [0.15, 0.2) is 30.3 Å². The lowest BCUT2D eigenvalue weighted by molar-refractivity contribution is -0.132. The maximum atomic E-state index is 11.5. The number of ether oxygens (including phenoxy) is 1. The number of hydrogen-bond donors (Lipinski definition) is 0. The first kappa shape index (κ1) is 14.4. The number of benzene rings is 1. The number of aldehydes is 1. The lowest BCUT2D eigenvalue weighted by atomic mass is 10.2. The zero-order valence-corrected chi connectivity index (χ0v) is 10.7. The Bertz CT molecular complexity index is 365. The Morgan fingerprint density at radius 1 is 1.28 bits per heavy atom. The summed E-state index contributed by atoms with van der Waals surface area (Å²) in [5.74, 6) is -0.0678. The summed E-state index contributed by atoms with van der Waals surface area (Å²) in [5.41, 5.74) is 1.22. The standard InChI is InChI=1S/C14H19NO3/c1-15(9-10-16)14(17)8-12-18-11-7-13-5-3-2-4-6-13/h2-6,10H,7-9,11-12H2,1H3. The summed E-state index contributed by atoms with van der Waals surface area (Å²) < 4.78 is 5.40. The summed E-state index contributed by atoms with van der Waals surface area (Å²) >= 11 is 0. The van der Waals surface area contributed by atoms with E-state index in [1.807, 2.05) is 30.3 Å². The van der Waals surface area contributed by atoms with Crippen molar-refractivity contribution in [2.45, 2.75) is 12.8 Å². The van der Waals surface area contributed by atoms with Gasteiger partial charge in [-0.25, -0.2) is 0 Å². The van der Waals surface area contributed by atoms with E-state index in [2.05, 4.69) is 0 Å². The Hall–Kier alpha value is -1.68. The molecule has 0 aliphatic carbocycles. The Balaban J connectivity index is 2.08. The molecule has 1 aromatic rings. The van der Waals surface area contributed by atoms with Crippen molar-refractivity contribution >= 4 is 12.2 Å². The molecule has 0 saturated carbocycles. The van der Waals surface area contributed by atoms with Gasteiger partial charge in [-0.3, -0.25) is 4.79 Å². The highest BCUT2D eigenvalue weighted by molar-refractivity contribution is 5.78. The molecule has 0 N–H and O–H groups in total. The Labute approximate surface area is 108 Å². The van der Waals surface area contributed by atoms with E-state index in [9.17, 15) is 9.59 Å². The largest absolute Gasteiger partial charge is 0.381 e. The van der Waals surface area contributed by atoms with E-state index >= 15 is 0 Å². The molecular formula is C14H19NO3. The third-order valence-electron chi connectivity index (χ3n) is 2.61. The molecule has 0 fully saturated rings. The van der Waals surface area contributed by atoms with Crippen molar-refractivity contribution in [1.82, 2.24) is 4.90 Å². The molecule has 0 unspecified atom stereocenters. The minimum atomic E-state index is -0.0678. The predicted octanol–water partition coefficient (Wildman–Crippen LogP) is 1.29. The van der Waals surface area contributed by atoms with Crippen LogP contribution in [0.3, 0.4) is 0 Å². The molecule has 4 heteroatoms. The molecule has 98 valence electrons. The highest BCUT2D eigenvalue weighted by atomic mass is 16.5. The van der Waals surface area contributed by atoms with Gasteiger partial charge in [0, 0.05) is 7.05 Å². The van der Waals surface area contributed by atoms with Gasteiger partial charge in [-0.1, -0.05) is 30.3 Å². The fourth-order valence-corrected chi connectivity index (χ4v) is 1.50. The summed E-state index contributed by atoms with van der Waals surface area (Å²) in [6.45, 7) is 1.15. The number of hydrogen-bond acceptors (Lipinski definition) is 3. The van der Waals surface area contributed by atoms with Crippen molar-refractivity contribution in [2.75, 3.05) is 26.8 Å². The molecule has 4 nitrogen and oxygen atoms in total. The van der Waals surface area contributed by atoms with E-state index in [1.165, 1.54) is 10.5 Å². The molecule has 18 heavy (non-hydrogen) atoms. The zero-order valence-electron chi connectivity index (χ0n) is 10.7. The van der Waals surface area contributed by atoms with E-state index in [4.69, 9.17) is 4.74 Å². The fraction of sp³-hybridized carbons (Fsp3) is 0.429. The molecule has 1 amide bonds. The summed E-state index contributed by atoms with van der Waals surface area (Å²) in [6.07, 6.45) is 1.88. The highest BCUT2D eigenvalue weighted by Crippen LogP contribution is 2.00. The van der Waals surface area contributed by atoms with Crippen molar-refractivity contribution in [3.05, 3.63) is 35.9 Å². The lowest BCUT2D eigenvalue weighted by Crippen LogP contribution is -2.29. The molecule has 0 heterocycles. The third-order valence-corrected chi connectivity index (χ3v) is 2.61. The molecule has 0 spiro atoms. The van der Waals surface area contributed by atoms with Gasteiger partial charge in [-0.2, -0.15) is 0 Å². The van der Waals surface area contributed by atoms with Gasteiger partial charge in [0.25, 0.3) is 0 Å². The maximum Gasteiger partial charge on any atom is 0.225 e. The van der Waals surface area contributed by atoms with Gasteiger partial charge in [0.1, 0.15) is 6.29 Å². The Morgan fingerprint density at radius 2 is 2.00 bits per heavy atom. The van der Waals surface area contributed by atoms with Gasteiger partial charge in [0.15, 0.2) is 0 Å². The van der Waals surface area contributed by atoms with Crippen molar-refractivity contribution in [3.8, 4) is 0 Å². The van der Waals surface area contributed by atoms with Crippen molar-refractivity contribution in [3.63, 3.8) is 0 Å². The zero-order chi connectivity index (χ0) is 13.2. The van der Waals surface area contributed by atoms with Crippen LogP contribution in [0, 0.1) is 0 Å². The second kappa shape index (κ2) is 8.42. The van der Waals surface area contributed by atoms with Crippen LogP contribution in [0.4, 0.5) is 0 Å². The van der Waals surface area contributed by atoms with Crippen LogP contribution < -0.4 is 0 Å². The summed E-state index contributed by atoms with van der Waals surface area (Å²) in [6, 6.07) is 10.1. The smallest absolute Gasteiger partial charge is 0.225 e. The number of amides is 1. The van der Waals surface area contributed by atoms with Crippen LogP contribution in [0.25, 0.3) is 0 Å². The number of carbonyl (C=O) groups is 2. The van der Waals surface area contributed by atoms with Crippen LogP contribution in [0.2, 0.25) is 0 Å². The first-order chi connectivity index (χ1) is 8.74. The molecule has 0 saturated heterocycles. The van der Waals surface area contributed by atoms with Crippen LogP contribution in [0.1, 0.15) is 12.0 Å². The van der Waals surface area contributed by atoms with Gasteiger partial charge in [0.05, 0.1) is 26.2 Å². The van der Waals surface area contributed by atoms with Crippen LogP contribution in [-0.2, 0) is 20.7 Å². The molecule has 0 aliphatic rings. The average Bonchev–Trinajstić information content (AvgIpc) is 2.39. The van der Waals surface area contributed by atoms with E-state index in [-0.39, 0.29) is 12.5 Å². The third kappa shape index (κ3) is 5.59. The molecule has 0 aliphatic heterocycles. The fourth-order valence-electron chi connectivity index (χ4n) is 1.50. The first-order valence-electron chi connectivity index (χ1n) is 6.03. The maximum absolute atomic E-state index is 11.5. The number of likely N-dealkylation sites (N-methyl/N-ethyl adjacent to an activating group) is 1. The average molecular weight is 249 g/mol. The lowest BCUT2D eigenvalue weighted by Gasteiger charge is -2.13.